The van der Waals surface area contributed by atoms with Gasteiger partial charge in [0.05, 0.1) is 19.1 Å². The van der Waals surface area contributed by atoms with E-state index < -0.39 is 0 Å². The summed E-state index contributed by atoms with van der Waals surface area (Å²) in [7, 11) is 0. The van der Waals surface area contributed by atoms with Gasteiger partial charge in [-0.3, -0.25) is 15.7 Å². The molecule has 3 heterocycles. The maximum absolute atomic E-state index is 8.80. The molecule has 0 bridgehead atoms. The first kappa shape index (κ1) is 21.9. The third-order valence-electron chi connectivity index (χ3n) is 5.58. The summed E-state index contributed by atoms with van der Waals surface area (Å²) in [5, 5.41) is 21.5. The molecule has 1 atom stereocenters. The lowest BCUT2D eigenvalue weighted by Crippen LogP contribution is -2.47. The Labute approximate surface area is 179 Å². The first-order chi connectivity index (χ1) is 14.0. The smallest absolute Gasteiger partial charge is 0.127 e. The zero-order valence-corrected chi connectivity index (χ0v) is 18.8. The van der Waals surface area contributed by atoms with Crippen LogP contribution < -0.4 is 5.32 Å². The van der Waals surface area contributed by atoms with Crippen LogP contribution in [0.1, 0.15) is 68.0 Å². The van der Waals surface area contributed by atoms with Gasteiger partial charge in [0.25, 0.3) is 0 Å². The first-order valence-corrected chi connectivity index (χ1v) is 11.6. The second kappa shape index (κ2) is 10.3. The van der Waals surface area contributed by atoms with Gasteiger partial charge in [-0.25, -0.2) is 4.98 Å². The number of hydrogen-bond acceptors (Lipinski definition) is 6. The molecule has 1 aromatic rings. The lowest BCUT2D eigenvalue weighted by atomic mass is 10.1. The molecular formula is C22H34N6S. The highest BCUT2D eigenvalue weighted by Crippen LogP contribution is 2.26. The molecule has 2 aliphatic rings. The van der Waals surface area contributed by atoms with Gasteiger partial charge >= 0.3 is 0 Å². The average molecular weight is 415 g/mol. The van der Waals surface area contributed by atoms with E-state index in [0.717, 1.165) is 73.7 Å². The third-order valence-corrected chi connectivity index (χ3v) is 6.53. The molecule has 1 unspecified atom stereocenters. The van der Waals surface area contributed by atoms with Crippen LogP contribution >= 0.6 is 11.3 Å². The van der Waals surface area contributed by atoms with E-state index in [1.807, 2.05) is 4.90 Å². The van der Waals surface area contributed by atoms with Crippen molar-refractivity contribution in [3.8, 4) is 11.8 Å². The Morgan fingerprint density at radius 3 is 2.90 bits per heavy atom. The minimum Gasteiger partial charge on any atom is -0.318 e. The fourth-order valence-corrected chi connectivity index (χ4v) is 4.89. The Bertz CT molecular complexity index is 787. The minimum absolute atomic E-state index is 0.0995. The van der Waals surface area contributed by atoms with Crippen molar-refractivity contribution in [1.82, 2.24) is 20.1 Å². The molecule has 0 saturated carbocycles. The van der Waals surface area contributed by atoms with Crippen LogP contribution in [-0.4, -0.2) is 58.2 Å². The monoisotopic (exact) mass is 414 g/mol. The van der Waals surface area contributed by atoms with E-state index in [0.29, 0.717) is 24.3 Å². The van der Waals surface area contributed by atoms with E-state index in [9.17, 15) is 0 Å². The van der Waals surface area contributed by atoms with Crippen LogP contribution in [-0.2, 0) is 6.54 Å². The molecule has 0 radical (unpaired) electrons. The number of amidine groups is 2. The summed E-state index contributed by atoms with van der Waals surface area (Å²) < 4.78 is 0. The van der Waals surface area contributed by atoms with Gasteiger partial charge in [0.2, 0.25) is 0 Å². The summed E-state index contributed by atoms with van der Waals surface area (Å²) >= 11 is 1.72. The third kappa shape index (κ3) is 5.88. The molecular weight excluding hydrogens is 380 g/mol. The molecule has 1 aromatic heterocycles. The van der Waals surface area contributed by atoms with Crippen molar-refractivity contribution in [3.05, 3.63) is 15.6 Å². The molecule has 2 aliphatic heterocycles. The summed E-state index contributed by atoms with van der Waals surface area (Å²) in [5.41, 5.74) is 0.885. The predicted molar refractivity (Wildman–Crippen MR) is 121 cm³/mol. The second-order valence-corrected chi connectivity index (χ2v) is 9.56. The fraction of sp³-hybridized carbons (Fsp3) is 0.682. The van der Waals surface area contributed by atoms with Crippen molar-refractivity contribution >= 4 is 23.0 Å². The normalized spacial score (nSPS) is 20.6. The molecule has 0 aliphatic carbocycles. The van der Waals surface area contributed by atoms with Gasteiger partial charge in [-0.05, 0) is 58.9 Å². The lowest BCUT2D eigenvalue weighted by molar-refractivity contribution is 0.282. The van der Waals surface area contributed by atoms with Gasteiger partial charge in [0.15, 0.2) is 0 Å². The number of hydrogen-bond donors (Lipinski definition) is 3. The van der Waals surface area contributed by atoms with Crippen LogP contribution in [0.2, 0.25) is 0 Å². The van der Waals surface area contributed by atoms with Gasteiger partial charge in [0, 0.05) is 23.9 Å². The Kier molecular flexibility index (Phi) is 7.82. The van der Waals surface area contributed by atoms with E-state index in [4.69, 9.17) is 15.8 Å². The zero-order chi connectivity index (χ0) is 20.8. The van der Waals surface area contributed by atoms with Gasteiger partial charge in [-0.1, -0.05) is 12.3 Å². The SMILES string of the molecule is Cc1sc(CN2CCCC2C(=N)N2CCCCCC2=N)nc1C#CCNC(C)C. The Balaban J connectivity index is 1.64. The van der Waals surface area contributed by atoms with Crippen molar-refractivity contribution in [2.45, 2.75) is 77.9 Å². The number of likely N-dealkylation sites (tertiary alicyclic amines) is 2. The summed E-state index contributed by atoms with van der Waals surface area (Å²) in [6.45, 7) is 9.58. The predicted octanol–water partition coefficient (Wildman–Crippen LogP) is 3.60. The van der Waals surface area contributed by atoms with E-state index in [2.05, 4.69) is 42.8 Å². The van der Waals surface area contributed by atoms with E-state index in [1.165, 1.54) is 0 Å². The highest BCUT2D eigenvalue weighted by atomic mass is 32.1. The molecule has 3 N–H and O–H groups in total. The van der Waals surface area contributed by atoms with Crippen LogP contribution in [0.3, 0.4) is 0 Å². The Morgan fingerprint density at radius 2 is 2.10 bits per heavy atom. The molecule has 29 heavy (non-hydrogen) atoms. The van der Waals surface area contributed by atoms with E-state index in [1.54, 1.807) is 11.3 Å². The maximum Gasteiger partial charge on any atom is 0.127 e. The number of aryl methyl sites for hydroxylation is 1. The van der Waals surface area contributed by atoms with Gasteiger partial charge < -0.3 is 10.2 Å². The molecule has 6 nitrogen and oxygen atoms in total. The largest absolute Gasteiger partial charge is 0.318 e. The number of nitrogens with zero attached hydrogens (tertiary/aromatic N) is 3. The highest BCUT2D eigenvalue weighted by molar-refractivity contribution is 7.11. The van der Waals surface area contributed by atoms with Crippen LogP contribution in [0.4, 0.5) is 0 Å². The second-order valence-electron chi connectivity index (χ2n) is 8.27. The van der Waals surface area contributed by atoms with Crippen LogP contribution in [0.5, 0.6) is 0 Å². The van der Waals surface area contributed by atoms with E-state index in [-0.39, 0.29) is 6.04 Å². The van der Waals surface area contributed by atoms with Crippen molar-refractivity contribution in [1.29, 1.82) is 10.8 Å². The van der Waals surface area contributed by atoms with Crippen molar-refractivity contribution < 1.29 is 0 Å². The summed E-state index contributed by atoms with van der Waals surface area (Å²) in [5.74, 6) is 7.60. The van der Waals surface area contributed by atoms with Gasteiger partial charge in [0.1, 0.15) is 22.4 Å². The minimum atomic E-state index is 0.0995. The van der Waals surface area contributed by atoms with Crippen LogP contribution in [0.25, 0.3) is 0 Å². The number of aromatic nitrogens is 1. The number of nitrogens with one attached hydrogen (secondary N) is 3. The van der Waals surface area contributed by atoms with Crippen molar-refractivity contribution in [2.75, 3.05) is 19.6 Å². The molecule has 2 saturated heterocycles. The van der Waals surface area contributed by atoms with Gasteiger partial charge in [-0.15, -0.1) is 11.3 Å². The molecule has 3 rings (SSSR count). The molecule has 7 heteroatoms. The highest BCUT2D eigenvalue weighted by Gasteiger charge is 2.33. The van der Waals surface area contributed by atoms with E-state index >= 15 is 0 Å². The standard InChI is InChI=1S/C22H34N6S/c1-16(2)25-12-7-9-18-17(3)29-21(26-18)15-27-13-8-10-19(27)22(24)28-14-6-4-5-11-20(28)23/h16,19,23-25H,4-6,8,10-15H2,1-3H3. The lowest BCUT2D eigenvalue weighted by Gasteiger charge is -2.31. The Hall–Kier alpha value is -1.75. The molecule has 158 valence electrons. The molecule has 0 amide bonds. The number of thiazole rings is 1. The summed E-state index contributed by atoms with van der Waals surface area (Å²) in [6.07, 6.45) is 6.22. The van der Waals surface area contributed by atoms with Gasteiger partial charge in [-0.2, -0.15) is 0 Å². The molecule has 0 aromatic carbocycles. The summed E-state index contributed by atoms with van der Waals surface area (Å²) in [4.78, 5) is 10.3. The molecule has 2 fully saturated rings. The topological polar surface area (TPSA) is 79.1 Å². The maximum atomic E-state index is 8.80. The average Bonchev–Trinajstić information content (AvgIpc) is 3.20. The quantitative estimate of drug-likeness (QED) is 0.391. The van der Waals surface area contributed by atoms with Crippen LogP contribution in [0, 0.1) is 29.6 Å². The van der Waals surface area contributed by atoms with Crippen LogP contribution in [0.15, 0.2) is 0 Å². The fourth-order valence-electron chi connectivity index (χ4n) is 3.97. The molecule has 0 spiro atoms. The first-order valence-electron chi connectivity index (χ1n) is 10.8. The van der Waals surface area contributed by atoms with Crippen molar-refractivity contribution in [2.24, 2.45) is 0 Å². The Morgan fingerprint density at radius 1 is 1.28 bits per heavy atom. The van der Waals surface area contributed by atoms with Crippen molar-refractivity contribution in [3.63, 3.8) is 0 Å². The zero-order valence-electron chi connectivity index (χ0n) is 18.0. The summed E-state index contributed by atoms with van der Waals surface area (Å²) in [6, 6.07) is 0.534. The number of rotatable bonds is 5.